The van der Waals surface area contributed by atoms with Crippen LogP contribution in [0.2, 0.25) is 0 Å². The Hall–Kier alpha value is -1.32. The van der Waals surface area contributed by atoms with Gasteiger partial charge in [0.05, 0.1) is 6.07 Å². The number of rotatable bonds is 6. The smallest absolute Gasteiger partial charge is 0.251 e. The first-order valence-corrected chi connectivity index (χ1v) is 8.57. The number of nitriles is 1. The number of hydrogen-bond donors (Lipinski definition) is 2. The molecule has 0 aromatic carbocycles. The van der Waals surface area contributed by atoms with E-state index in [-0.39, 0.29) is 11.1 Å². The van der Waals surface area contributed by atoms with Crippen molar-refractivity contribution in [3.05, 3.63) is 22.6 Å². The van der Waals surface area contributed by atoms with Crippen LogP contribution in [0.1, 0.15) is 38.5 Å². The summed E-state index contributed by atoms with van der Waals surface area (Å²) >= 11 is 1.56. The first kappa shape index (κ1) is 14.6. The van der Waals surface area contributed by atoms with E-state index >= 15 is 0 Å². The highest BCUT2D eigenvalue weighted by Gasteiger charge is 2.45. The fourth-order valence-electron chi connectivity index (χ4n) is 3.15. The molecule has 21 heavy (non-hydrogen) atoms. The first-order valence-electron chi connectivity index (χ1n) is 7.59. The lowest BCUT2D eigenvalue weighted by Gasteiger charge is -2.30. The Bertz CT molecular complexity index is 592. The molecule has 3 rings (SSSR count). The Labute approximate surface area is 128 Å². The molecule has 5 nitrogen and oxygen atoms in total. The zero-order valence-corrected chi connectivity index (χ0v) is 12.8. The van der Waals surface area contributed by atoms with Crippen LogP contribution < -0.4 is 10.9 Å². The molecule has 0 amide bonds. The standard InChI is InChI=1S/C15H20N4OS/c16-10-15(19-12-3-4-12)7-1-2-11(15)6-9-21-14-17-8-5-13(20)18-14/h5,8,11-12,19H,1-4,6-7,9H2,(H,17,18,20). The molecule has 2 fully saturated rings. The summed E-state index contributed by atoms with van der Waals surface area (Å²) in [5.74, 6) is 1.29. The molecule has 2 aliphatic carbocycles. The summed E-state index contributed by atoms with van der Waals surface area (Å²) < 4.78 is 0. The normalized spacial score (nSPS) is 28.4. The van der Waals surface area contributed by atoms with Gasteiger partial charge in [-0.3, -0.25) is 10.1 Å². The summed E-state index contributed by atoms with van der Waals surface area (Å²) in [4.78, 5) is 18.1. The van der Waals surface area contributed by atoms with Gasteiger partial charge in [0.15, 0.2) is 5.16 Å². The number of aromatic nitrogens is 2. The van der Waals surface area contributed by atoms with Crippen LogP contribution in [0.3, 0.4) is 0 Å². The first-order chi connectivity index (χ1) is 10.2. The van der Waals surface area contributed by atoms with Gasteiger partial charge in [0.1, 0.15) is 5.54 Å². The van der Waals surface area contributed by atoms with Crippen LogP contribution in [0.15, 0.2) is 22.2 Å². The molecule has 0 spiro atoms. The molecule has 0 bridgehead atoms. The minimum Gasteiger partial charge on any atom is -0.301 e. The van der Waals surface area contributed by atoms with Crippen LogP contribution >= 0.6 is 11.8 Å². The van der Waals surface area contributed by atoms with Crippen molar-refractivity contribution in [2.45, 2.75) is 55.3 Å². The highest BCUT2D eigenvalue weighted by molar-refractivity contribution is 7.99. The van der Waals surface area contributed by atoms with Crippen molar-refractivity contribution in [2.75, 3.05) is 5.75 Å². The molecular formula is C15H20N4OS. The van der Waals surface area contributed by atoms with Gasteiger partial charge >= 0.3 is 0 Å². The lowest BCUT2D eigenvalue weighted by atomic mass is 9.86. The van der Waals surface area contributed by atoms with E-state index < -0.39 is 0 Å². The van der Waals surface area contributed by atoms with Crippen LogP contribution in [-0.2, 0) is 0 Å². The van der Waals surface area contributed by atoms with Crippen molar-refractivity contribution in [1.29, 1.82) is 5.26 Å². The number of thioether (sulfide) groups is 1. The van der Waals surface area contributed by atoms with E-state index in [1.54, 1.807) is 11.8 Å². The van der Waals surface area contributed by atoms with Crippen molar-refractivity contribution < 1.29 is 0 Å². The zero-order chi connectivity index (χ0) is 14.7. The van der Waals surface area contributed by atoms with Crippen molar-refractivity contribution in [3.8, 4) is 6.07 Å². The number of aromatic amines is 1. The SMILES string of the molecule is N#CC1(NC2CC2)CCCC1CCSc1nccc(=O)[nH]1. The van der Waals surface area contributed by atoms with E-state index in [2.05, 4.69) is 21.4 Å². The van der Waals surface area contributed by atoms with Crippen LogP contribution in [0.5, 0.6) is 0 Å². The maximum atomic E-state index is 11.2. The zero-order valence-electron chi connectivity index (χ0n) is 12.0. The molecule has 1 aromatic rings. The van der Waals surface area contributed by atoms with Crippen molar-refractivity contribution in [3.63, 3.8) is 0 Å². The van der Waals surface area contributed by atoms with Crippen LogP contribution in [0.4, 0.5) is 0 Å². The van der Waals surface area contributed by atoms with Gasteiger partial charge < -0.3 is 4.98 Å². The molecule has 112 valence electrons. The summed E-state index contributed by atoms with van der Waals surface area (Å²) in [5, 5.41) is 13.9. The van der Waals surface area contributed by atoms with Gasteiger partial charge in [-0.05, 0) is 38.0 Å². The predicted molar refractivity (Wildman–Crippen MR) is 82.0 cm³/mol. The molecule has 1 heterocycles. The number of hydrogen-bond acceptors (Lipinski definition) is 5. The molecule has 0 saturated heterocycles. The van der Waals surface area contributed by atoms with Crippen molar-refractivity contribution in [2.24, 2.45) is 5.92 Å². The predicted octanol–water partition coefficient (Wildman–Crippen LogP) is 2.07. The van der Waals surface area contributed by atoms with E-state index in [4.69, 9.17) is 0 Å². The minimum absolute atomic E-state index is 0.116. The average molecular weight is 304 g/mol. The number of nitrogens with zero attached hydrogens (tertiary/aromatic N) is 2. The monoisotopic (exact) mass is 304 g/mol. The Morgan fingerprint density at radius 2 is 2.38 bits per heavy atom. The van der Waals surface area contributed by atoms with E-state index in [0.29, 0.717) is 17.1 Å². The molecule has 2 atom stereocenters. The third-order valence-electron chi connectivity index (χ3n) is 4.41. The molecule has 0 radical (unpaired) electrons. The van der Waals surface area contributed by atoms with E-state index in [1.165, 1.54) is 25.1 Å². The Kier molecular flexibility index (Phi) is 4.32. The van der Waals surface area contributed by atoms with Gasteiger partial charge in [0.25, 0.3) is 5.56 Å². The Morgan fingerprint density at radius 1 is 1.52 bits per heavy atom. The summed E-state index contributed by atoms with van der Waals surface area (Å²) in [6.45, 7) is 0. The average Bonchev–Trinajstić information content (AvgIpc) is 3.20. The molecule has 0 aliphatic heterocycles. The van der Waals surface area contributed by atoms with Gasteiger partial charge in [0.2, 0.25) is 0 Å². The Morgan fingerprint density at radius 3 is 3.10 bits per heavy atom. The minimum atomic E-state index is -0.320. The maximum Gasteiger partial charge on any atom is 0.251 e. The van der Waals surface area contributed by atoms with E-state index in [1.807, 2.05) is 0 Å². The van der Waals surface area contributed by atoms with Crippen molar-refractivity contribution >= 4 is 11.8 Å². The van der Waals surface area contributed by atoms with E-state index in [0.717, 1.165) is 31.4 Å². The lowest BCUT2D eigenvalue weighted by Crippen LogP contribution is -2.48. The van der Waals surface area contributed by atoms with Gasteiger partial charge in [-0.1, -0.05) is 18.2 Å². The second-order valence-corrected chi connectivity index (χ2v) is 7.05. The highest BCUT2D eigenvalue weighted by atomic mass is 32.2. The number of nitrogens with one attached hydrogen (secondary N) is 2. The summed E-state index contributed by atoms with van der Waals surface area (Å²) in [5.41, 5.74) is -0.436. The summed E-state index contributed by atoms with van der Waals surface area (Å²) in [6.07, 6.45) is 8.15. The molecule has 1 aromatic heterocycles. The van der Waals surface area contributed by atoms with Crippen LogP contribution in [-0.4, -0.2) is 27.3 Å². The quantitative estimate of drug-likeness (QED) is 0.621. The van der Waals surface area contributed by atoms with Crippen molar-refractivity contribution in [1.82, 2.24) is 15.3 Å². The highest BCUT2D eigenvalue weighted by Crippen LogP contribution is 2.40. The van der Waals surface area contributed by atoms with Crippen LogP contribution in [0, 0.1) is 17.2 Å². The molecular weight excluding hydrogens is 284 g/mol. The summed E-state index contributed by atoms with van der Waals surface area (Å²) in [7, 11) is 0. The fourth-order valence-corrected chi connectivity index (χ4v) is 4.06. The molecule has 6 heteroatoms. The number of H-pyrrole nitrogens is 1. The molecule has 2 N–H and O–H groups in total. The molecule has 2 saturated carbocycles. The third kappa shape index (κ3) is 3.47. The fraction of sp³-hybridized carbons (Fsp3) is 0.667. The maximum absolute atomic E-state index is 11.2. The topological polar surface area (TPSA) is 81.6 Å². The second kappa shape index (κ2) is 6.20. The van der Waals surface area contributed by atoms with Gasteiger partial charge in [-0.15, -0.1) is 0 Å². The van der Waals surface area contributed by atoms with Gasteiger partial charge in [0, 0.05) is 24.1 Å². The Balaban J connectivity index is 1.56. The van der Waals surface area contributed by atoms with E-state index in [9.17, 15) is 10.1 Å². The lowest BCUT2D eigenvalue weighted by molar-refractivity contribution is 0.308. The summed E-state index contributed by atoms with van der Waals surface area (Å²) in [6, 6.07) is 4.54. The van der Waals surface area contributed by atoms with Crippen LogP contribution in [0.25, 0.3) is 0 Å². The largest absolute Gasteiger partial charge is 0.301 e. The molecule has 2 aliphatic rings. The molecule has 2 unspecified atom stereocenters. The van der Waals surface area contributed by atoms with Gasteiger partial charge in [-0.25, -0.2) is 4.98 Å². The second-order valence-electron chi connectivity index (χ2n) is 5.97. The van der Waals surface area contributed by atoms with Gasteiger partial charge in [-0.2, -0.15) is 5.26 Å². The third-order valence-corrected chi connectivity index (χ3v) is 5.33.